The predicted octanol–water partition coefficient (Wildman–Crippen LogP) is 3.56. The molecule has 0 aliphatic heterocycles. The maximum Gasteiger partial charge on any atom is 0.167 e. The van der Waals surface area contributed by atoms with E-state index < -0.39 is 0 Å². The van der Waals surface area contributed by atoms with Crippen LogP contribution in [0.5, 0.6) is 0 Å². The van der Waals surface area contributed by atoms with E-state index in [2.05, 4.69) is 6.92 Å². The van der Waals surface area contributed by atoms with Crippen LogP contribution in [-0.4, -0.2) is 10.2 Å². The lowest BCUT2D eigenvalue weighted by Crippen LogP contribution is -2.10. The van der Waals surface area contributed by atoms with Gasteiger partial charge in [-0.15, -0.1) is 0 Å². The molecule has 0 radical (unpaired) electrons. The van der Waals surface area contributed by atoms with Gasteiger partial charge in [0.1, 0.15) is 0 Å². The summed E-state index contributed by atoms with van der Waals surface area (Å²) in [6, 6.07) is 7.85. The van der Waals surface area contributed by atoms with Crippen molar-refractivity contribution in [3.63, 3.8) is 0 Å². The molecule has 1 atom stereocenters. The van der Waals surface area contributed by atoms with Crippen LogP contribution in [0.3, 0.4) is 0 Å². The fourth-order valence-electron chi connectivity index (χ4n) is 2.09. The minimum Gasteiger partial charge on any atom is -0.323 e. The van der Waals surface area contributed by atoms with Crippen molar-refractivity contribution in [1.82, 2.24) is 4.40 Å². The first kappa shape index (κ1) is 10.9. The summed E-state index contributed by atoms with van der Waals surface area (Å²) < 4.78 is 1.99. The largest absolute Gasteiger partial charge is 0.323 e. The van der Waals surface area contributed by atoms with Gasteiger partial charge in [0.2, 0.25) is 0 Å². The van der Waals surface area contributed by atoms with Crippen molar-refractivity contribution >= 4 is 11.3 Å². The number of hydrogen-bond acceptors (Lipinski definition) is 1. The molecule has 0 N–H and O–H groups in total. The molecule has 0 saturated carbocycles. The zero-order valence-corrected chi connectivity index (χ0v) is 9.81. The molecule has 16 heavy (non-hydrogen) atoms. The Kier molecular flexibility index (Phi) is 3.09. The van der Waals surface area contributed by atoms with E-state index in [0.717, 1.165) is 23.9 Å². The molecule has 2 aromatic heterocycles. The van der Waals surface area contributed by atoms with Crippen molar-refractivity contribution in [2.24, 2.45) is 5.92 Å². The highest BCUT2D eigenvalue weighted by Crippen LogP contribution is 2.19. The van der Waals surface area contributed by atoms with Gasteiger partial charge >= 0.3 is 0 Å². The lowest BCUT2D eigenvalue weighted by Gasteiger charge is -2.07. The first-order valence-electron chi connectivity index (χ1n) is 5.84. The number of nitrogens with zero attached hydrogens (tertiary/aromatic N) is 1. The Hall–Kier alpha value is -1.57. The molecule has 0 fully saturated rings. The highest BCUT2D eigenvalue weighted by atomic mass is 16.1. The smallest absolute Gasteiger partial charge is 0.167 e. The normalized spacial score (nSPS) is 12.9. The van der Waals surface area contributed by atoms with Crippen LogP contribution in [0.4, 0.5) is 0 Å². The quantitative estimate of drug-likeness (QED) is 0.714. The lowest BCUT2D eigenvalue weighted by molar-refractivity contribution is 0.0925. The number of fused-ring (bicyclic) bond motifs is 1. The van der Waals surface area contributed by atoms with Crippen LogP contribution in [0.15, 0.2) is 36.7 Å². The minimum absolute atomic E-state index is 0.122. The molecule has 1 unspecified atom stereocenters. The molecule has 0 amide bonds. The van der Waals surface area contributed by atoms with E-state index in [4.69, 9.17) is 0 Å². The number of pyridine rings is 1. The zero-order valence-electron chi connectivity index (χ0n) is 9.81. The summed E-state index contributed by atoms with van der Waals surface area (Å²) in [6.45, 7) is 4.12. The fraction of sp³-hybridized carbons (Fsp3) is 0.357. The van der Waals surface area contributed by atoms with Gasteiger partial charge < -0.3 is 4.40 Å². The van der Waals surface area contributed by atoms with E-state index >= 15 is 0 Å². The van der Waals surface area contributed by atoms with Crippen LogP contribution in [0.1, 0.15) is 37.0 Å². The number of aromatic nitrogens is 1. The first-order chi connectivity index (χ1) is 7.74. The average Bonchev–Trinajstić information content (AvgIpc) is 2.72. The fourth-order valence-corrected chi connectivity index (χ4v) is 2.09. The van der Waals surface area contributed by atoms with Crippen LogP contribution in [0.2, 0.25) is 0 Å². The molecule has 2 aromatic rings. The van der Waals surface area contributed by atoms with Gasteiger partial charge in [0.15, 0.2) is 5.78 Å². The Morgan fingerprint density at radius 1 is 1.31 bits per heavy atom. The van der Waals surface area contributed by atoms with Gasteiger partial charge in [0, 0.05) is 23.9 Å². The molecular formula is C14H17NO. The Morgan fingerprint density at radius 2 is 2.12 bits per heavy atom. The minimum atomic E-state index is 0.122. The summed E-state index contributed by atoms with van der Waals surface area (Å²) in [4.78, 5) is 12.2. The van der Waals surface area contributed by atoms with E-state index in [1.165, 1.54) is 0 Å². The third-order valence-corrected chi connectivity index (χ3v) is 3.00. The predicted molar refractivity (Wildman–Crippen MR) is 65.8 cm³/mol. The molecule has 2 heteroatoms. The molecular weight excluding hydrogens is 198 g/mol. The summed E-state index contributed by atoms with van der Waals surface area (Å²) in [7, 11) is 0. The van der Waals surface area contributed by atoms with Crippen LogP contribution in [0, 0.1) is 5.92 Å². The maximum atomic E-state index is 12.2. The third kappa shape index (κ3) is 1.87. The summed E-state index contributed by atoms with van der Waals surface area (Å²) in [5.74, 6) is 0.381. The van der Waals surface area contributed by atoms with Gasteiger partial charge in [-0.1, -0.05) is 26.3 Å². The molecule has 0 bridgehead atoms. The van der Waals surface area contributed by atoms with Crippen LogP contribution in [-0.2, 0) is 0 Å². The first-order valence-corrected chi connectivity index (χ1v) is 5.84. The van der Waals surface area contributed by atoms with Gasteiger partial charge in [-0.05, 0) is 24.6 Å². The van der Waals surface area contributed by atoms with E-state index in [9.17, 15) is 4.79 Å². The molecule has 0 aliphatic rings. The number of ketones is 1. The highest BCUT2D eigenvalue weighted by molar-refractivity contribution is 6.03. The van der Waals surface area contributed by atoms with Gasteiger partial charge in [0.05, 0.1) is 5.52 Å². The molecule has 0 aliphatic carbocycles. The number of Topliss-reactive ketones (excluding diaryl/α,β-unsaturated/α-hetero) is 1. The third-order valence-electron chi connectivity index (χ3n) is 3.00. The molecule has 2 rings (SSSR count). The second-order valence-corrected chi connectivity index (χ2v) is 4.28. The lowest BCUT2D eigenvalue weighted by atomic mass is 9.96. The Labute approximate surface area is 95.9 Å². The second-order valence-electron chi connectivity index (χ2n) is 4.28. The van der Waals surface area contributed by atoms with E-state index in [1.807, 2.05) is 48.0 Å². The van der Waals surface area contributed by atoms with Crippen LogP contribution < -0.4 is 0 Å². The molecule has 0 spiro atoms. The van der Waals surface area contributed by atoms with Crippen LogP contribution >= 0.6 is 0 Å². The van der Waals surface area contributed by atoms with Crippen molar-refractivity contribution in [2.75, 3.05) is 0 Å². The molecule has 0 saturated heterocycles. The highest BCUT2D eigenvalue weighted by Gasteiger charge is 2.17. The summed E-state index contributed by atoms with van der Waals surface area (Å²) in [6.07, 6.45) is 5.93. The van der Waals surface area contributed by atoms with Gasteiger partial charge in [0.25, 0.3) is 0 Å². The average molecular weight is 215 g/mol. The van der Waals surface area contributed by atoms with E-state index in [0.29, 0.717) is 0 Å². The maximum absolute atomic E-state index is 12.2. The number of rotatable bonds is 4. The molecule has 84 valence electrons. The number of hydrogen-bond donors (Lipinski definition) is 0. The number of carbonyl (C=O) groups is 1. The SMILES string of the molecule is CCCC(C)C(=O)c1ccn2ccccc12. The van der Waals surface area contributed by atoms with Gasteiger partial charge in [-0.3, -0.25) is 4.79 Å². The Balaban J connectivity index is 2.36. The van der Waals surface area contributed by atoms with Crippen molar-refractivity contribution in [3.8, 4) is 0 Å². The molecule has 0 aromatic carbocycles. The topological polar surface area (TPSA) is 21.5 Å². The van der Waals surface area contributed by atoms with E-state index in [-0.39, 0.29) is 11.7 Å². The zero-order chi connectivity index (χ0) is 11.5. The van der Waals surface area contributed by atoms with E-state index in [1.54, 1.807) is 0 Å². The van der Waals surface area contributed by atoms with Gasteiger partial charge in [-0.25, -0.2) is 0 Å². The van der Waals surface area contributed by atoms with Crippen LogP contribution in [0.25, 0.3) is 5.52 Å². The van der Waals surface area contributed by atoms with Gasteiger partial charge in [-0.2, -0.15) is 0 Å². The van der Waals surface area contributed by atoms with Crippen molar-refractivity contribution in [1.29, 1.82) is 0 Å². The van der Waals surface area contributed by atoms with Crippen molar-refractivity contribution in [3.05, 3.63) is 42.2 Å². The number of carbonyl (C=O) groups excluding carboxylic acids is 1. The standard InChI is InChI=1S/C14H17NO/c1-3-6-11(2)14(16)12-8-10-15-9-5-4-7-13(12)15/h4-5,7-11H,3,6H2,1-2H3. The summed E-state index contributed by atoms with van der Waals surface area (Å²) in [5, 5.41) is 0. The van der Waals surface area contributed by atoms with Crippen molar-refractivity contribution < 1.29 is 4.79 Å². The summed E-state index contributed by atoms with van der Waals surface area (Å²) in [5.41, 5.74) is 1.86. The Morgan fingerprint density at radius 3 is 2.88 bits per heavy atom. The second kappa shape index (κ2) is 4.52. The van der Waals surface area contributed by atoms with Crippen molar-refractivity contribution in [2.45, 2.75) is 26.7 Å². The molecule has 2 heterocycles. The monoisotopic (exact) mass is 215 g/mol. The summed E-state index contributed by atoms with van der Waals surface area (Å²) >= 11 is 0. The Bertz CT molecular complexity index is 498. The molecule has 2 nitrogen and oxygen atoms in total.